The van der Waals surface area contributed by atoms with Crippen LogP contribution in [0.3, 0.4) is 0 Å². The lowest BCUT2D eigenvalue weighted by Crippen LogP contribution is -2.34. The Kier molecular flexibility index (Phi) is 6.09. The van der Waals surface area contributed by atoms with Crippen molar-refractivity contribution < 1.29 is 0 Å². The molecule has 5 heteroatoms. The molecule has 1 aromatic heterocycles. The lowest BCUT2D eigenvalue weighted by atomic mass is 9.99. The summed E-state index contributed by atoms with van der Waals surface area (Å²) in [5.41, 5.74) is 3.67. The molecule has 0 aliphatic carbocycles. The van der Waals surface area contributed by atoms with Crippen LogP contribution in [0.2, 0.25) is 0 Å². The molecule has 4 nitrogen and oxygen atoms in total. The molecule has 1 aliphatic rings. The van der Waals surface area contributed by atoms with E-state index in [0.717, 1.165) is 30.4 Å². The van der Waals surface area contributed by atoms with E-state index >= 15 is 0 Å². The van der Waals surface area contributed by atoms with Gasteiger partial charge in [0.25, 0.3) is 0 Å². The minimum atomic E-state index is 0.134. The van der Waals surface area contributed by atoms with Gasteiger partial charge in [0.1, 0.15) is 5.82 Å². The smallest absolute Gasteiger partial charge is 0.172 e. The number of hydrogen-bond donors (Lipinski definition) is 2. The molecular formula is C21H28N4S. The van der Waals surface area contributed by atoms with Crippen molar-refractivity contribution in [2.45, 2.75) is 39.7 Å². The minimum Gasteiger partial charge on any atom is -0.371 e. The van der Waals surface area contributed by atoms with Gasteiger partial charge in [0.05, 0.1) is 6.04 Å². The Morgan fingerprint density at radius 1 is 1.23 bits per heavy atom. The largest absolute Gasteiger partial charge is 0.371 e. The second-order valence-corrected chi connectivity index (χ2v) is 7.73. The van der Waals surface area contributed by atoms with E-state index < -0.39 is 0 Å². The number of nitrogens with zero attached hydrogens (tertiary/aromatic N) is 2. The molecule has 1 saturated heterocycles. The predicted octanol–water partition coefficient (Wildman–Crippen LogP) is 4.67. The molecule has 2 N–H and O–H groups in total. The maximum atomic E-state index is 5.42. The zero-order chi connectivity index (χ0) is 18.5. The molecule has 1 fully saturated rings. The first-order valence-corrected chi connectivity index (χ1v) is 9.77. The van der Waals surface area contributed by atoms with Crippen molar-refractivity contribution in [2.24, 2.45) is 5.92 Å². The van der Waals surface area contributed by atoms with Crippen LogP contribution in [0.1, 0.15) is 43.9 Å². The summed E-state index contributed by atoms with van der Waals surface area (Å²) < 4.78 is 0. The van der Waals surface area contributed by atoms with E-state index in [1.165, 1.54) is 24.1 Å². The quantitative estimate of drug-likeness (QED) is 0.767. The Morgan fingerprint density at radius 2 is 2.00 bits per heavy atom. The maximum Gasteiger partial charge on any atom is 0.172 e. The van der Waals surface area contributed by atoms with Crippen LogP contribution in [0.4, 0.5) is 11.5 Å². The summed E-state index contributed by atoms with van der Waals surface area (Å²) in [6, 6.07) is 12.9. The second kappa shape index (κ2) is 8.49. The highest BCUT2D eigenvalue weighted by Crippen LogP contribution is 2.24. The normalized spacial score (nSPS) is 18.3. The lowest BCUT2D eigenvalue weighted by molar-refractivity contribution is 0.447. The molecule has 2 atom stereocenters. The molecule has 0 bridgehead atoms. The van der Waals surface area contributed by atoms with E-state index in [2.05, 4.69) is 58.6 Å². The molecule has 26 heavy (non-hydrogen) atoms. The lowest BCUT2D eigenvalue weighted by Gasteiger charge is -2.33. The van der Waals surface area contributed by atoms with Crippen molar-refractivity contribution in [2.75, 3.05) is 23.3 Å². The number of thiocarbonyl (C=S) groups is 1. The monoisotopic (exact) mass is 368 g/mol. The zero-order valence-electron chi connectivity index (χ0n) is 15.8. The Morgan fingerprint density at radius 3 is 2.65 bits per heavy atom. The van der Waals surface area contributed by atoms with Crippen molar-refractivity contribution >= 4 is 28.8 Å². The van der Waals surface area contributed by atoms with Crippen LogP contribution in [-0.2, 0) is 0 Å². The number of anilines is 2. The molecule has 138 valence electrons. The molecule has 3 rings (SSSR count). The SMILES string of the molecule is Cc1ccc(NC(=S)N[C@H](C)c2ccc(N3CCC[C@H](C)C3)cc2)nc1. The number of aromatic nitrogens is 1. The van der Waals surface area contributed by atoms with Crippen molar-refractivity contribution in [3.63, 3.8) is 0 Å². The standard InChI is InChI=1S/C21H28N4S/c1-15-6-11-20(22-13-15)24-21(26)23-17(3)18-7-9-19(10-8-18)25-12-4-5-16(2)14-25/h6-11,13,16-17H,4-5,12,14H2,1-3H3,(H2,22,23,24,26)/t16-,17+/m0/s1. The highest BCUT2D eigenvalue weighted by Gasteiger charge is 2.17. The van der Waals surface area contributed by atoms with Gasteiger partial charge in [0, 0.05) is 25.0 Å². The van der Waals surface area contributed by atoms with Gasteiger partial charge >= 0.3 is 0 Å². The van der Waals surface area contributed by atoms with Crippen molar-refractivity contribution in [1.82, 2.24) is 10.3 Å². The Labute approximate surface area is 162 Å². The van der Waals surface area contributed by atoms with Crippen LogP contribution < -0.4 is 15.5 Å². The number of nitrogens with one attached hydrogen (secondary N) is 2. The van der Waals surface area contributed by atoms with E-state index in [1.54, 1.807) is 0 Å². The van der Waals surface area contributed by atoms with E-state index in [0.29, 0.717) is 5.11 Å². The number of rotatable bonds is 4. The average Bonchev–Trinajstić information content (AvgIpc) is 2.64. The van der Waals surface area contributed by atoms with Crippen LogP contribution in [0.25, 0.3) is 0 Å². The van der Waals surface area contributed by atoms with E-state index in [4.69, 9.17) is 12.2 Å². The van der Waals surface area contributed by atoms with Crippen LogP contribution in [0.15, 0.2) is 42.6 Å². The first kappa shape index (κ1) is 18.6. The molecule has 2 aromatic rings. The fourth-order valence-electron chi connectivity index (χ4n) is 3.37. The fourth-order valence-corrected chi connectivity index (χ4v) is 3.65. The molecule has 0 radical (unpaired) electrons. The Balaban J connectivity index is 1.56. The third-order valence-electron chi connectivity index (χ3n) is 4.92. The first-order valence-electron chi connectivity index (χ1n) is 9.36. The van der Waals surface area contributed by atoms with Crippen LogP contribution in [0.5, 0.6) is 0 Å². The molecule has 1 aromatic carbocycles. The van der Waals surface area contributed by atoms with Gasteiger partial charge in [-0.25, -0.2) is 4.98 Å². The van der Waals surface area contributed by atoms with Gasteiger partial charge in [-0.1, -0.05) is 25.1 Å². The molecule has 1 aliphatic heterocycles. The molecule has 0 spiro atoms. The number of aryl methyl sites for hydroxylation is 1. The molecule has 0 saturated carbocycles. The van der Waals surface area contributed by atoms with Gasteiger partial charge in [-0.05, 0) is 74.2 Å². The van der Waals surface area contributed by atoms with Crippen LogP contribution >= 0.6 is 12.2 Å². The van der Waals surface area contributed by atoms with Gasteiger partial charge in [-0.2, -0.15) is 0 Å². The highest BCUT2D eigenvalue weighted by molar-refractivity contribution is 7.80. The number of hydrogen-bond acceptors (Lipinski definition) is 3. The fraction of sp³-hybridized carbons (Fsp3) is 0.429. The van der Waals surface area contributed by atoms with Gasteiger partial charge in [0.2, 0.25) is 0 Å². The van der Waals surface area contributed by atoms with E-state index in [9.17, 15) is 0 Å². The van der Waals surface area contributed by atoms with Crippen molar-refractivity contribution in [1.29, 1.82) is 0 Å². The van der Waals surface area contributed by atoms with E-state index in [1.807, 2.05) is 25.3 Å². The summed E-state index contributed by atoms with van der Waals surface area (Å²) in [7, 11) is 0. The minimum absolute atomic E-state index is 0.134. The van der Waals surface area contributed by atoms with Crippen LogP contribution in [0, 0.1) is 12.8 Å². The molecule has 2 heterocycles. The number of pyridine rings is 1. The Bertz CT molecular complexity index is 727. The average molecular weight is 369 g/mol. The van der Waals surface area contributed by atoms with Gasteiger partial charge in [-0.15, -0.1) is 0 Å². The number of benzene rings is 1. The molecule has 0 unspecified atom stereocenters. The van der Waals surface area contributed by atoms with Crippen LogP contribution in [-0.4, -0.2) is 23.2 Å². The van der Waals surface area contributed by atoms with Gasteiger partial charge in [-0.3, -0.25) is 0 Å². The first-order chi connectivity index (χ1) is 12.5. The summed E-state index contributed by atoms with van der Waals surface area (Å²) in [5.74, 6) is 1.54. The summed E-state index contributed by atoms with van der Waals surface area (Å²) in [6.07, 6.45) is 4.46. The van der Waals surface area contributed by atoms with Gasteiger partial charge < -0.3 is 15.5 Å². The van der Waals surface area contributed by atoms with E-state index in [-0.39, 0.29) is 6.04 Å². The Hall–Kier alpha value is -2.14. The second-order valence-electron chi connectivity index (χ2n) is 7.33. The number of piperidine rings is 1. The third-order valence-corrected chi connectivity index (χ3v) is 5.14. The van der Waals surface area contributed by atoms with Gasteiger partial charge in [0.15, 0.2) is 5.11 Å². The zero-order valence-corrected chi connectivity index (χ0v) is 16.6. The van der Waals surface area contributed by atoms with Crippen molar-refractivity contribution in [3.05, 3.63) is 53.7 Å². The summed E-state index contributed by atoms with van der Waals surface area (Å²) in [5, 5.41) is 7.06. The maximum absolute atomic E-state index is 5.42. The van der Waals surface area contributed by atoms with Crippen molar-refractivity contribution in [3.8, 4) is 0 Å². The topological polar surface area (TPSA) is 40.2 Å². The third kappa shape index (κ3) is 4.94. The summed E-state index contributed by atoms with van der Waals surface area (Å²) in [4.78, 5) is 6.81. The molecule has 0 amide bonds. The molecular weight excluding hydrogens is 340 g/mol. The summed E-state index contributed by atoms with van der Waals surface area (Å²) >= 11 is 5.42. The predicted molar refractivity (Wildman–Crippen MR) is 114 cm³/mol. The highest BCUT2D eigenvalue weighted by atomic mass is 32.1. The summed E-state index contributed by atoms with van der Waals surface area (Å²) in [6.45, 7) is 8.79.